The summed E-state index contributed by atoms with van der Waals surface area (Å²) >= 11 is 0. The van der Waals surface area contributed by atoms with Crippen molar-refractivity contribution in [2.75, 3.05) is 21.3 Å². The van der Waals surface area contributed by atoms with Gasteiger partial charge in [0, 0.05) is 16.5 Å². The van der Waals surface area contributed by atoms with Gasteiger partial charge in [-0.3, -0.25) is 0 Å². The number of phenols is 3. The number of ether oxygens (including phenoxy) is 4. The van der Waals surface area contributed by atoms with Crippen LogP contribution in [-0.4, -0.2) is 42.6 Å². The monoisotopic (exact) mass is 398 g/mol. The van der Waals surface area contributed by atoms with Crippen LogP contribution >= 0.6 is 0 Å². The number of cyclic esters (lactones) is 1. The number of esters is 1. The molecule has 0 aromatic heterocycles. The van der Waals surface area contributed by atoms with Crippen LogP contribution in [0.1, 0.15) is 15.9 Å². The zero-order chi connectivity index (χ0) is 20.9. The molecule has 0 saturated carbocycles. The van der Waals surface area contributed by atoms with Crippen molar-refractivity contribution < 1.29 is 39.1 Å². The van der Waals surface area contributed by atoms with Crippen molar-refractivity contribution in [1.29, 1.82) is 0 Å². The number of phenolic OH excluding ortho intramolecular Hbond substituents is 3. The van der Waals surface area contributed by atoms with E-state index >= 15 is 0 Å². The maximum absolute atomic E-state index is 12.5. The Kier molecular flexibility index (Phi) is 4.26. The third-order valence-corrected chi connectivity index (χ3v) is 5.01. The van der Waals surface area contributed by atoms with Gasteiger partial charge in [-0.1, -0.05) is 6.07 Å². The van der Waals surface area contributed by atoms with Gasteiger partial charge in [0.15, 0.2) is 23.0 Å². The Morgan fingerprint density at radius 2 is 1.62 bits per heavy atom. The highest BCUT2D eigenvalue weighted by molar-refractivity contribution is 6.15. The normalized spacial score (nSPS) is 12.6. The Morgan fingerprint density at radius 1 is 0.897 bits per heavy atom. The molecule has 8 heteroatoms. The Balaban J connectivity index is 2.21. The zero-order valence-electron chi connectivity index (χ0n) is 15.9. The summed E-state index contributed by atoms with van der Waals surface area (Å²) in [7, 11) is 4.19. The lowest BCUT2D eigenvalue weighted by Gasteiger charge is -2.18. The van der Waals surface area contributed by atoms with E-state index in [4.69, 9.17) is 18.9 Å². The second-order valence-corrected chi connectivity index (χ2v) is 6.42. The number of rotatable bonds is 4. The highest BCUT2D eigenvalue weighted by Gasteiger charge is 2.34. The topological polar surface area (TPSA) is 115 Å². The lowest BCUT2D eigenvalue weighted by molar-refractivity contribution is 0.0535. The molecule has 0 spiro atoms. The summed E-state index contributed by atoms with van der Waals surface area (Å²) in [4.78, 5) is 12.5. The van der Waals surface area contributed by atoms with Crippen LogP contribution in [-0.2, 0) is 11.3 Å². The Morgan fingerprint density at radius 3 is 2.28 bits per heavy atom. The van der Waals surface area contributed by atoms with Gasteiger partial charge in [-0.05, 0) is 23.8 Å². The van der Waals surface area contributed by atoms with E-state index in [1.165, 1.54) is 27.4 Å². The predicted molar refractivity (Wildman–Crippen MR) is 103 cm³/mol. The summed E-state index contributed by atoms with van der Waals surface area (Å²) in [5.41, 5.74) is 1.36. The number of aromatic hydroxyl groups is 3. The number of hydrogen-bond donors (Lipinski definition) is 3. The smallest absolute Gasteiger partial charge is 0.339 e. The van der Waals surface area contributed by atoms with Crippen molar-refractivity contribution >= 4 is 16.7 Å². The Bertz CT molecular complexity index is 1170. The van der Waals surface area contributed by atoms with Crippen LogP contribution in [0.5, 0.6) is 34.5 Å². The zero-order valence-corrected chi connectivity index (χ0v) is 15.9. The molecule has 3 aromatic carbocycles. The van der Waals surface area contributed by atoms with Crippen molar-refractivity contribution in [2.45, 2.75) is 6.61 Å². The van der Waals surface area contributed by atoms with Gasteiger partial charge in [0.25, 0.3) is 0 Å². The Hall–Kier alpha value is -3.81. The van der Waals surface area contributed by atoms with Gasteiger partial charge >= 0.3 is 5.97 Å². The lowest BCUT2D eigenvalue weighted by Crippen LogP contribution is -2.01. The first kappa shape index (κ1) is 18.5. The van der Waals surface area contributed by atoms with E-state index in [2.05, 4.69) is 0 Å². The fourth-order valence-corrected chi connectivity index (χ4v) is 3.68. The van der Waals surface area contributed by atoms with E-state index in [9.17, 15) is 20.1 Å². The van der Waals surface area contributed by atoms with E-state index in [0.29, 0.717) is 16.5 Å². The van der Waals surface area contributed by atoms with Crippen molar-refractivity contribution in [3.8, 4) is 45.6 Å². The van der Waals surface area contributed by atoms with Gasteiger partial charge in [0.1, 0.15) is 12.4 Å². The van der Waals surface area contributed by atoms with E-state index in [1.807, 2.05) is 0 Å². The van der Waals surface area contributed by atoms with Crippen molar-refractivity contribution in [2.24, 2.45) is 0 Å². The van der Waals surface area contributed by atoms with Crippen LogP contribution in [0, 0.1) is 0 Å². The molecule has 0 aliphatic carbocycles. The molecule has 0 unspecified atom stereocenters. The SMILES string of the molecule is COc1cc(-c2c3c(c(O)c4c(O)c(OC)c(OC)cc24)COC3=O)ccc1O. The van der Waals surface area contributed by atoms with E-state index in [-0.39, 0.29) is 57.6 Å². The number of hydrogen-bond acceptors (Lipinski definition) is 8. The van der Waals surface area contributed by atoms with Crippen LogP contribution < -0.4 is 14.2 Å². The summed E-state index contributed by atoms with van der Waals surface area (Å²) in [5, 5.41) is 32.0. The second kappa shape index (κ2) is 6.66. The van der Waals surface area contributed by atoms with Gasteiger partial charge in [-0.15, -0.1) is 0 Å². The first-order valence-corrected chi connectivity index (χ1v) is 8.62. The van der Waals surface area contributed by atoms with Crippen LogP contribution in [0.2, 0.25) is 0 Å². The van der Waals surface area contributed by atoms with Gasteiger partial charge in [-0.25, -0.2) is 4.79 Å². The van der Waals surface area contributed by atoms with Crippen LogP contribution in [0.15, 0.2) is 24.3 Å². The van der Waals surface area contributed by atoms with Gasteiger partial charge in [0.05, 0.1) is 32.3 Å². The van der Waals surface area contributed by atoms with Crippen LogP contribution in [0.4, 0.5) is 0 Å². The minimum absolute atomic E-state index is 0.0507. The fraction of sp³-hybridized carbons (Fsp3) is 0.190. The molecule has 1 aliphatic heterocycles. The summed E-state index contributed by atoms with van der Waals surface area (Å²) in [6.07, 6.45) is 0. The van der Waals surface area contributed by atoms with Crippen LogP contribution in [0.25, 0.3) is 21.9 Å². The van der Waals surface area contributed by atoms with Gasteiger partial charge in [-0.2, -0.15) is 0 Å². The molecule has 4 rings (SSSR count). The molecule has 1 heterocycles. The quantitative estimate of drug-likeness (QED) is 0.574. The third kappa shape index (κ3) is 2.56. The average Bonchev–Trinajstić information content (AvgIpc) is 3.10. The predicted octanol–water partition coefficient (Wildman–Crippen LogP) is 3.32. The largest absolute Gasteiger partial charge is 0.507 e. The number of fused-ring (bicyclic) bond motifs is 2. The molecule has 0 fully saturated rings. The van der Waals surface area contributed by atoms with Crippen molar-refractivity contribution in [3.05, 3.63) is 35.4 Å². The lowest BCUT2D eigenvalue weighted by atomic mass is 9.89. The molecule has 0 amide bonds. The molecule has 1 aliphatic rings. The molecule has 0 bridgehead atoms. The molecule has 150 valence electrons. The van der Waals surface area contributed by atoms with E-state index in [0.717, 1.165) is 0 Å². The number of carbonyl (C=O) groups excluding carboxylic acids is 1. The summed E-state index contributed by atoms with van der Waals surface area (Å²) in [6, 6.07) is 6.15. The molecule has 3 N–H and O–H groups in total. The standard InChI is InChI=1S/C21H18O8/c1-26-13-6-9(4-5-12(13)22)15-10-7-14(27-2)20(28-3)19(24)17(10)18(23)11-8-29-21(25)16(11)15/h4-7,22-24H,8H2,1-3H3. The minimum Gasteiger partial charge on any atom is -0.507 e. The Labute approximate surface area is 165 Å². The molecule has 3 aromatic rings. The van der Waals surface area contributed by atoms with E-state index in [1.54, 1.807) is 18.2 Å². The summed E-state index contributed by atoms with van der Waals surface area (Å²) < 4.78 is 20.9. The second-order valence-electron chi connectivity index (χ2n) is 6.42. The highest BCUT2D eigenvalue weighted by Crippen LogP contribution is 2.52. The van der Waals surface area contributed by atoms with Crippen molar-refractivity contribution in [3.63, 3.8) is 0 Å². The molecule has 0 saturated heterocycles. The third-order valence-electron chi connectivity index (χ3n) is 5.01. The maximum Gasteiger partial charge on any atom is 0.339 e. The first-order chi connectivity index (χ1) is 13.9. The summed E-state index contributed by atoms with van der Waals surface area (Å²) in [6.45, 7) is -0.133. The summed E-state index contributed by atoms with van der Waals surface area (Å²) in [5.74, 6) is -0.796. The molecule has 0 radical (unpaired) electrons. The molecule has 29 heavy (non-hydrogen) atoms. The number of benzene rings is 3. The van der Waals surface area contributed by atoms with E-state index < -0.39 is 5.97 Å². The molecular weight excluding hydrogens is 380 g/mol. The molecular formula is C21H18O8. The molecule has 8 nitrogen and oxygen atoms in total. The minimum atomic E-state index is -0.603. The van der Waals surface area contributed by atoms with Crippen LogP contribution in [0.3, 0.4) is 0 Å². The molecule has 0 atom stereocenters. The fourth-order valence-electron chi connectivity index (χ4n) is 3.68. The van der Waals surface area contributed by atoms with Gasteiger partial charge in [0.2, 0.25) is 5.75 Å². The highest BCUT2D eigenvalue weighted by atomic mass is 16.5. The number of methoxy groups -OCH3 is 3. The average molecular weight is 398 g/mol. The van der Waals surface area contributed by atoms with Crippen molar-refractivity contribution in [1.82, 2.24) is 0 Å². The first-order valence-electron chi connectivity index (χ1n) is 8.62. The maximum atomic E-state index is 12.5. The van der Waals surface area contributed by atoms with Gasteiger partial charge < -0.3 is 34.3 Å². The number of carbonyl (C=O) groups is 1.